The topological polar surface area (TPSA) is 46.6 Å². The minimum absolute atomic E-state index is 0.100. The van der Waals surface area contributed by atoms with Crippen molar-refractivity contribution >= 4 is 17.6 Å². The van der Waals surface area contributed by atoms with Crippen molar-refractivity contribution in [3.05, 3.63) is 29.3 Å². The smallest absolute Gasteiger partial charge is 0.316 e. The van der Waals surface area contributed by atoms with E-state index in [1.54, 1.807) is 11.9 Å². The van der Waals surface area contributed by atoms with E-state index in [-0.39, 0.29) is 11.9 Å². The number of likely N-dealkylation sites (N-methyl/N-ethyl adjacent to an activating group) is 1. The molecule has 0 aromatic heterocycles. The van der Waals surface area contributed by atoms with Crippen molar-refractivity contribution in [3.63, 3.8) is 0 Å². The molecule has 1 amide bonds. The summed E-state index contributed by atoms with van der Waals surface area (Å²) in [5.74, 6) is 0.230. The van der Waals surface area contributed by atoms with E-state index in [0.29, 0.717) is 12.3 Å². The molecule has 0 bridgehead atoms. The predicted molar refractivity (Wildman–Crippen MR) is 71.0 cm³/mol. The van der Waals surface area contributed by atoms with Gasteiger partial charge in [0.15, 0.2) is 0 Å². The lowest BCUT2D eigenvalue weighted by Crippen LogP contribution is -2.24. The highest BCUT2D eigenvalue weighted by atomic mass is 16.5. The van der Waals surface area contributed by atoms with Crippen molar-refractivity contribution in [2.45, 2.75) is 25.2 Å². The Kier molecular flexibility index (Phi) is 2.46. The van der Waals surface area contributed by atoms with Gasteiger partial charge in [-0.1, -0.05) is 19.1 Å². The number of nitrogens with zero attached hydrogens (tertiary/aromatic N) is 1. The third-order valence-electron chi connectivity index (χ3n) is 4.53. The lowest BCUT2D eigenvalue weighted by molar-refractivity contribution is -0.144. The van der Waals surface area contributed by atoms with Crippen molar-refractivity contribution in [2.75, 3.05) is 19.1 Å². The molecule has 2 aliphatic rings. The van der Waals surface area contributed by atoms with Crippen LogP contribution in [-0.4, -0.2) is 26.0 Å². The summed E-state index contributed by atoms with van der Waals surface area (Å²) in [4.78, 5) is 25.4. The van der Waals surface area contributed by atoms with Crippen LogP contribution >= 0.6 is 0 Å². The summed E-state index contributed by atoms with van der Waals surface area (Å²) in [7, 11) is 3.21. The van der Waals surface area contributed by atoms with E-state index in [0.717, 1.165) is 23.2 Å². The first-order chi connectivity index (χ1) is 9.00. The number of carbonyl (C=O) groups excluding carboxylic acids is 2. The average molecular weight is 259 g/mol. The standard InChI is InChI=1S/C15H17NO3/c1-9-8-15(9,14(18)19-3)11-4-5-12-10(6-11)7-13(17)16(12)2/h4-6,9H,7-8H2,1-3H3. The van der Waals surface area contributed by atoms with E-state index in [1.165, 1.54) is 7.11 Å². The van der Waals surface area contributed by atoms with E-state index in [4.69, 9.17) is 4.74 Å². The number of carbonyl (C=O) groups is 2. The molecule has 1 aromatic carbocycles. The Hall–Kier alpha value is -1.84. The number of amides is 1. The van der Waals surface area contributed by atoms with Gasteiger partial charge >= 0.3 is 5.97 Å². The first-order valence-electron chi connectivity index (χ1n) is 6.49. The normalized spacial score (nSPS) is 28.3. The van der Waals surface area contributed by atoms with Gasteiger partial charge in [0.1, 0.15) is 0 Å². The second kappa shape index (κ2) is 3.83. The molecule has 1 aromatic rings. The molecule has 0 saturated heterocycles. The van der Waals surface area contributed by atoms with Crippen LogP contribution in [-0.2, 0) is 26.2 Å². The molecule has 4 heteroatoms. The summed E-state index contributed by atoms with van der Waals surface area (Å²) in [6.45, 7) is 2.06. The SMILES string of the molecule is COC(=O)C1(c2ccc3c(c2)CC(=O)N3C)CC1C. The van der Waals surface area contributed by atoms with Crippen LogP contribution in [0.1, 0.15) is 24.5 Å². The van der Waals surface area contributed by atoms with Crippen molar-refractivity contribution < 1.29 is 14.3 Å². The monoisotopic (exact) mass is 259 g/mol. The number of anilines is 1. The van der Waals surface area contributed by atoms with Crippen LogP contribution in [0, 0.1) is 5.92 Å². The zero-order valence-corrected chi connectivity index (χ0v) is 11.4. The zero-order valence-electron chi connectivity index (χ0n) is 11.4. The maximum atomic E-state index is 12.0. The van der Waals surface area contributed by atoms with Gasteiger partial charge in [0.2, 0.25) is 5.91 Å². The van der Waals surface area contributed by atoms with E-state index < -0.39 is 5.41 Å². The molecular weight excluding hydrogens is 242 g/mol. The molecule has 1 heterocycles. The Morgan fingerprint density at radius 2 is 2.16 bits per heavy atom. The highest BCUT2D eigenvalue weighted by molar-refractivity contribution is 6.01. The number of hydrogen-bond donors (Lipinski definition) is 0. The molecule has 1 saturated carbocycles. The third-order valence-corrected chi connectivity index (χ3v) is 4.53. The predicted octanol–water partition coefficient (Wildman–Crippen LogP) is 1.66. The van der Waals surface area contributed by atoms with Gasteiger partial charge in [-0.2, -0.15) is 0 Å². The van der Waals surface area contributed by atoms with Crippen LogP contribution in [0.15, 0.2) is 18.2 Å². The van der Waals surface area contributed by atoms with Crippen LogP contribution in [0.2, 0.25) is 0 Å². The maximum Gasteiger partial charge on any atom is 0.316 e. The lowest BCUT2D eigenvalue weighted by atomic mass is 9.91. The number of ether oxygens (including phenoxy) is 1. The Bertz CT molecular complexity index is 581. The molecule has 1 aliphatic carbocycles. The van der Waals surface area contributed by atoms with Crippen LogP contribution in [0.5, 0.6) is 0 Å². The minimum Gasteiger partial charge on any atom is -0.468 e. The van der Waals surface area contributed by atoms with Gasteiger partial charge in [0.05, 0.1) is 18.9 Å². The summed E-state index contributed by atoms with van der Waals surface area (Å²) in [5.41, 5.74) is 2.44. The van der Waals surface area contributed by atoms with Gasteiger partial charge in [-0.3, -0.25) is 9.59 Å². The van der Waals surface area contributed by atoms with Crippen LogP contribution in [0.4, 0.5) is 5.69 Å². The molecular formula is C15H17NO3. The van der Waals surface area contributed by atoms with Crippen LogP contribution in [0.3, 0.4) is 0 Å². The van der Waals surface area contributed by atoms with Crippen LogP contribution in [0.25, 0.3) is 0 Å². The highest BCUT2D eigenvalue weighted by Crippen LogP contribution is 2.55. The number of benzene rings is 1. The summed E-state index contributed by atoms with van der Waals surface area (Å²) < 4.78 is 4.95. The first kappa shape index (κ1) is 12.2. The van der Waals surface area contributed by atoms with Gasteiger partial charge in [-0.25, -0.2) is 0 Å². The van der Waals surface area contributed by atoms with Crippen molar-refractivity contribution in [3.8, 4) is 0 Å². The molecule has 2 atom stereocenters. The van der Waals surface area contributed by atoms with Gasteiger partial charge in [-0.05, 0) is 29.5 Å². The fourth-order valence-corrected chi connectivity index (χ4v) is 3.16. The highest BCUT2D eigenvalue weighted by Gasteiger charge is 2.59. The molecule has 1 aliphatic heterocycles. The number of rotatable bonds is 2. The Balaban J connectivity index is 2.03. The molecule has 100 valence electrons. The second-order valence-electron chi connectivity index (χ2n) is 5.54. The summed E-state index contributed by atoms with van der Waals surface area (Å²) in [6.07, 6.45) is 1.24. The Morgan fingerprint density at radius 1 is 1.47 bits per heavy atom. The molecule has 0 N–H and O–H groups in total. The van der Waals surface area contributed by atoms with E-state index in [9.17, 15) is 9.59 Å². The fraction of sp³-hybridized carbons (Fsp3) is 0.467. The lowest BCUT2D eigenvalue weighted by Gasteiger charge is -2.16. The minimum atomic E-state index is -0.492. The quantitative estimate of drug-likeness (QED) is 0.759. The molecule has 0 radical (unpaired) electrons. The summed E-state index contributed by atoms with van der Waals surface area (Å²) in [5, 5.41) is 0. The van der Waals surface area contributed by atoms with Crippen molar-refractivity contribution in [1.29, 1.82) is 0 Å². The fourth-order valence-electron chi connectivity index (χ4n) is 3.16. The van der Waals surface area contributed by atoms with Gasteiger partial charge in [0.25, 0.3) is 0 Å². The molecule has 0 spiro atoms. The Labute approximate surface area is 112 Å². The summed E-state index contributed by atoms with van der Waals surface area (Å²) >= 11 is 0. The maximum absolute atomic E-state index is 12.0. The molecule has 1 fully saturated rings. The van der Waals surface area contributed by atoms with Crippen LogP contribution < -0.4 is 4.90 Å². The molecule has 3 rings (SSSR count). The first-order valence-corrected chi connectivity index (χ1v) is 6.49. The molecule has 4 nitrogen and oxygen atoms in total. The number of fused-ring (bicyclic) bond motifs is 1. The number of methoxy groups -OCH3 is 1. The number of esters is 1. The van der Waals surface area contributed by atoms with E-state index in [1.807, 2.05) is 18.2 Å². The van der Waals surface area contributed by atoms with E-state index >= 15 is 0 Å². The average Bonchev–Trinajstić information content (AvgIpc) is 3.01. The summed E-state index contributed by atoms with van der Waals surface area (Å²) in [6, 6.07) is 5.89. The number of hydrogen-bond acceptors (Lipinski definition) is 3. The van der Waals surface area contributed by atoms with Crippen molar-refractivity contribution in [1.82, 2.24) is 0 Å². The molecule has 2 unspecified atom stereocenters. The molecule has 19 heavy (non-hydrogen) atoms. The second-order valence-corrected chi connectivity index (χ2v) is 5.54. The van der Waals surface area contributed by atoms with Crippen molar-refractivity contribution in [2.24, 2.45) is 5.92 Å². The largest absolute Gasteiger partial charge is 0.468 e. The Morgan fingerprint density at radius 3 is 2.74 bits per heavy atom. The van der Waals surface area contributed by atoms with Gasteiger partial charge < -0.3 is 9.64 Å². The van der Waals surface area contributed by atoms with Gasteiger partial charge in [0, 0.05) is 12.7 Å². The van der Waals surface area contributed by atoms with Gasteiger partial charge in [-0.15, -0.1) is 0 Å². The zero-order chi connectivity index (χ0) is 13.8. The van der Waals surface area contributed by atoms with E-state index in [2.05, 4.69) is 6.92 Å². The third kappa shape index (κ3) is 1.52.